The zero-order chi connectivity index (χ0) is 14.0. The van der Waals surface area contributed by atoms with Crippen molar-refractivity contribution in [3.8, 4) is 11.8 Å². The Labute approximate surface area is 114 Å². The Balaban J connectivity index is 2.28. The van der Waals surface area contributed by atoms with Gasteiger partial charge in [-0.25, -0.2) is 4.79 Å². The fourth-order valence-corrected chi connectivity index (χ4v) is 1.51. The molecule has 7 heteroatoms. The SMILES string of the molecule is Cc1nnc(Oc2ccc(C(=O)O)cc2Cl)nc1C. The lowest BCUT2D eigenvalue weighted by molar-refractivity contribution is 0.0697. The first-order valence-electron chi connectivity index (χ1n) is 5.36. The average molecular weight is 280 g/mol. The number of nitrogens with zero attached hydrogens (tertiary/aromatic N) is 3. The predicted octanol–water partition coefficient (Wildman–Crippen LogP) is 2.63. The molecule has 0 aliphatic rings. The Morgan fingerprint density at radius 1 is 1.26 bits per heavy atom. The number of hydrogen-bond acceptors (Lipinski definition) is 5. The maximum Gasteiger partial charge on any atom is 0.341 e. The van der Waals surface area contributed by atoms with Crippen molar-refractivity contribution in [3.05, 3.63) is 40.2 Å². The van der Waals surface area contributed by atoms with Crippen LogP contribution in [0, 0.1) is 13.8 Å². The van der Waals surface area contributed by atoms with Crippen LogP contribution in [0.15, 0.2) is 18.2 Å². The fourth-order valence-electron chi connectivity index (χ4n) is 1.30. The fraction of sp³-hybridized carbons (Fsp3) is 0.167. The average Bonchev–Trinajstić information content (AvgIpc) is 2.36. The van der Waals surface area contributed by atoms with Crippen LogP contribution in [-0.4, -0.2) is 26.3 Å². The van der Waals surface area contributed by atoms with E-state index in [1.807, 2.05) is 0 Å². The van der Waals surface area contributed by atoms with Crippen molar-refractivity contribution in [2.75, 3.05) is 0 Å². The van der Waals surface area contributed by atoms with Crippen molar-refractivity contribution < 1.29 is 14.6 Å². The number of benzene rings is 1. The highest BCUT2D eigenvalue weighted by Crippen LogP contribution is 2.28. The van der Waals surface area contributed by atoms with Gasteiger partial charge in [-0.15, -0.1) is 5.10 Å². The number of carboxylic acids is 1. The lowest BCUT2D eigenvalue weighted by atomic mass is 10.2. The highest BCUT2D eigenvalue weighted by Gasteiger charge is 2.10. The van der Waals surface area contributed by atoms with Crippen LogP contribution >= 0.6 is 11.6 Å². The van der Waals surface area contributed by atoms with Gasteiger partial charge >= 0.3 is 12.0 Å². The van der Waals surface area contributed by atoms with E-state index in [0.717, 1.165) is 0 Å². The summed E-state index contributed by atoms with van der Waals surface area (Å²) in [5.74, 6) is -0.783. The van der Waals surface area contributed by atoms with Gasteiger partial charge in [-0.3, -0.25) is 0 Å². The second-order valence-corrected chi connectivity index (χ2v) is 4.22. The van der Waals surface area contributed by atoms with Gasteiger partial charge in [0.2, 0.25) is 0 Å². The minimum absolute atomic E-state index is 0.0630. The van der Waals surface area contributed by atoms with Crippen molar-refractivity contribution in [2.45, 2.75) is 13.8 Å². The lowest BCUT2D eigenvalue weighted by Crippen LogP contribution is -2.00. The summed E-state index contributed by atoms with van der Waals surface area (Å²) in [4.78, 5) is 14.9. The molecule has 0 atom stereocenters. The van der Waals surface area contributed by atoms with E-state index in [0.29, 0.717) is 11.4 Å². The zero-order valence-electron chi connectivity index (χ0n) is 10.2. The number of aromatic carboxylic acids is 1. The topological polar surface area (TPSA) is 85.2 Å². The number of carbonyl (C=O) groups is 1. The van der Waals surface area contributed by atoms with E-state index in [1.54, 1.807) is 13.8 Å². The summed E-state index contributed by atoms with van der Waals surface area (Å²) in [6.45, 7) is 3.57. The van der Waals surface area contributed by atoms with Gasteiger partial charge in [-0.05, 0) is 32.0 Å². The van der Waals surface area contributed by atoms with Gasteiger partial charge in [0.15, 0.2) is 0 Å². The molecule has 0 fully saturated rings. The molecule has 98 valence electrons. The van der Waals surface area contributed by atoms with Gasteiger partial charge in [0, 0.05) is 0 Å². The Kier molecular flexibility index (Phi) is 3.62. The molecule has 0 aliphatic heterocycles. The maximum atomic E-state index is 10.8. The van der Waals surface area contributed by atoms with Gasteiger partial charge in [-0.1, -0.05) is 16.7 Å². The third-order valence-corrected chi connectivity index (χ3v) is 2.75. The number of carboxylic acid groups (broad SMARTS) is 1. The van der Waals surface area contributed by atoms with E-state index in [-0.39, 0.29) is 22.3 Å². The van der Waals surface area contributed by atoms with Crippen LogP contribution in [0.5, 0.6) is 11.8 Å². The van der Waals surface area contributed by atoms with Crippen LogP contribution < -0.4 is 4.74 Å². The Bertz CT molecular complexity index is 646. The number of aromatic nitrogens is 3. The summed E-state index contributed by atoms with van der Waals surface area (Å²) >= 11 is 5.93. The molecule has 2 aromatic rings. The van der Waals surface area contributed by atoms with Gasteiger partial charge < -0.3 is 9.84 Å². The van der Waals surface area contributed by atoms with Gasteiger partial charge in [0.25, 0.3) is 0 Å². The standard InChI is InChI=1S/C12H10ClN3O3/c1-6-7(2)15-16-12(14-6)19-10-4-3-8(11(17)18)5-9(10)13/h3-5H,1-2H3,(H,17,18). The first-order valence-corrected chi connectivity index (χ1v) is 5.74. The van der Waals surface area contributed by atoms with Crippen LogP contribution in [0.2, 0.25) is 5.02 Å². The van der Waals surface area contributed by atoms with Crippen LogP contribution in [0.25, 0.3) is 0 Å². The van der Waals surface area contributed by atoms with Gasteiger partial charge in [0.05, 0.1) is 22.0 Å². The molecule has 1 heterocycles. The molecule has 0 spiro atoms. The molecule has 2 rings (SSSR count). The Hall–Kier alpha value is -2.21. The van der Waals surface area contributed by atoms with Crippen molar-refractivity contribution in [1.82, 2.24) is 15.2 Å². The third-order valence-electron chi connectivity index (χ3n) is 2.45. The molecule has 6 nitrogen and oxygen atoms in total. The smallest absolute Gasteiger partial charge is 0.341 e. The molecule has 1 aromatic heterocycles. The molecular weight excluding hydrogens is 270 g/mol. The van der Waals surface area contributed by atoms with Crippen molar-refractivity contribution in [1.29, 1.82) is 0 Å². The third kappa shape index (κ3) is 2.97. The highest BCUT2D eigenvalue weighted by molar-refractivity contribution is 6.32. The molecule has 0 amide bonds. The van der Waals surface area contributed by atoms with E-state index in [2.05, 4.69) is 15.2 Å². The minimum atomic E-state index is -1.06. The summed E-state index contributed by atoms with van der Waals surface area (Å²) in [6, 6.07) is 4.20. The van der Waals surface area contributed by atoms with Crippen molar-refractivity contribution in [2.24, 2.45) is 0 Å². The van der Waals surface area contributed by atoms with E-state index >= 15 is 0 Å². The molecule has 0 radical (unpaired) electrons. The number of aryl methyl sites for hydroxylation is 2. The maximum absolute atomic E-state index is 10.8. The molecule has 0 aliphatic carbocycles. The van der Waals surface area contributed by atoms with Gasteiger partial charge in [-0.2, -0.15) is 4.98 Å². The molecule has 19 heavy (non-hydrogen) atoms. The molecule has 0 saturated carbocycles. The largest absolute Gasteiger partial charge is 0.478 e. The quantitative estimate of drug-likeness (QED) is 0.929. The summed E-state index contributed by atoms with van der Waals surface area (Å²) in [5, 5.41) is 16.6. The second-order valence-electron chi connectivity index (χ2n) is 3.82. The van der Waals surface area contributed by atoms with E-state index < -0.39 is 5.97 Å². The van der Waals surface area contributed by atoms with E-state index in [9.17, 15) is 4.79 Å². The Morgan fingerprint density at radius 3 is 2.58 bits per heavy atom. The summed E-state index contributed by atoms with van der Waals surface area (Å²) < 4.78 is 5.37. The molecule has 0 saturated heterocycles. The molecule has 1 aromatic carbocycles. The van der Waals surface area contributed by atoms with Crippen LogP contribution in [0.4, 0.5) is 0 Å². The second kappa shape index (κ2) is 5.19. The van der Waals surface area contributed by atoms with E-state index in [1.165, 1.54) is 18.2 Å². The Morgan fingerprint density at radius 2 is 2.00 bits per heavy atom. The van der Waals surface area contributed by atoms with Crippen LogP contribution in [0.3, 0.4) is 0 Å². The first kappa shape index (κ1) is 13.2. The normalized spacial score (nSPS) is 10.3. The highest BCUT2D eigenvalue weighted by atomic mass is 35.5. The summed E-state index contributed by atoms with van der Waals surface area (Å²) in [7, 11) is 0. The molecule has 1 N–H and O–H groups in total. The van der Waals surface area contributed by atoms with Gasteiger partial charge in [0.1, 0.15) is 5.75 Å². The van der Waals surface area contributed by atoms with E-state index in [4.69, 9.17) is 21.4 Å². The number of halogens is 1. The molecule has 0 bridgehead atoms. The minimum Gasteiger partial charge on any atom is -0.478 e. The summed E-state index contributed by atoms with van der Waals surface area (Å²) in [5.41, 5.74) is 1.49. The monoisotopic (exact) mass is 279 g/mol. The van der Waals surface area contributed by atoms with Crippen LogP contribution in [0.1, 0.15) is 21.7 Å². The number of rotatable bonds is 3. The van der Waals surface area contributed by atoms with Crippen LogP contribution in [-0.2, 0) is 0 Å². The lowest BCUT2D eigenvalue weighted by Gasteiger charge is -2.06. The van der Waals surface area contributed by atoms with Crippen molar-refractivity contribution >= 4 is 17.6 Å². The molecular formula is C12H10ClN3O3. The van der Waals surface area contributed by atoms with Crippen molar-refractivity contribution in [3.63, 3.8) is 0 Å². The predicted molar refractivity (Wildman–Crippen MR) is 67.8 cm³/mol. The first-order chi connectivity index (χ1) is 8.97. The number of ether oxygens (including phenoxy) is 1. The molecule has 0 unspecified atom stereocenters. The summed E-state index contributed by atoms with van der Waals surface area (Å²) in [6.07, 6.45) is 0. The number of hydrogen-bond donors (Lipinski definition) is 1. The zero-order valence-corrected chi connectivity index (χ0v) is 11.0.